The lowest BCUT2D eigenvalue weighted by Gasteiger charge is -2.38. The van der Waals surface area contributed by atoms with E-state index in [-0.39, 0.29) is 5.91 Å². The predicted octanol–water partition coefficient (Wildman–Crippen LogP) is 4.78. The van der Waals surface area contributed by atoms with Gasteiger partial charge in [-0.3, -0.25) is 9.79 Å². The summed E-state index contributed by atoms with van der Waals surface area (Å²) in [6, 6.07) is 13.5. The Morgan fingerprint density at radius 1 is 1.03 bits per heavy atom. The largest absolute Gasteiger partial charge is 0.381 e. The highest BCUT2D eigenvalue weighted by Crippen LogP contribution is 2.44. The second-order valence-electron chi connectivity index (χ2n) is 9.22. The van der Waals surface area contributed by atoms with Crippen LogP contribution in [0.1, 0.15) is 70.1 Å². The Hall–Kier alpha value is -2.46. The molecule has 4 nitrogen and oxygen atoms in total. The van der Waals surface area contributed by atoms with Gasteiger partial charge in [0.25, 0.3) is 5.91 Å². The molecule has 0 spiro atoms. The zero-order valence-electron chi connectivity index (χ0n) is 17.3. The molecule has 2 saturated heterocycles. The van der Waals surface area contributed by atoms with E-state index in [0.717, 1.165) is 63.1 Å². The molecule has 154 valence electrons. The van der Waals surface area contributed by atoms with Crippen LogP contribution < -0.4 is 0 Å². The average Bonchev–Trinajstić information content (AvgIpc) is 3.42. The molecule has 2 aromatic carbocycles. The number of rotatable bonds is 2. The molecule has 0 aromatic heterocycles. The summed E-state index contributed by atoms with van der Waals surface area (Å²) in [5, 5.41) is 0. The van der Waals surface area contributed by atoms with Gasteiger partial charge in [0, 0.05) is 49.9 Å². The number of piperidine rings is 1. The third-order valence-corrected chi connectivity index (χ3v) is 7.60. The van der Waals surface area contributed by atoms with E-state index < -0.39 is 0 Å². The summed E-state index contributed by atoms with van der Waals surface area (Å²) in [7, 11) is 0. The number of benzene rings is 2. The molecule has 0 radical (unpaired) electrons. The molecule has 0 N–H and O–H groups in total. The van der Waals surface area contributed by atoms with E-state index in [0.29, 0.717) is 17.9 Å². The average molecular weight is 401 g/mol. The highest BCUT2D eigenvalue weighted by Gasteiger charge is 2.41. The van der Waals surface area contributed by atoms with Gasteiger partial charge in [0.15, 0.2) is 0 Å². The fraction of sp³-hybridized carbons (Fsp3) is 0.462. The van der Waals surface area contributed by atoms with Crippen LogP contribution in [0.4, 0.5) is 5.69 Å². The minimum atomic E-state index is 0.173. The van der Waals surface area contributed by atoms with Crippen molar-refractivity contribution in [3.63, 3.8) is 0 Å². The van der Waals surface area contributed by atoms with Gasteiger partial charge in [0.1, 0.15) is 0 Å². The summed E-state index contributed by atoms with van der Waals surface area (Å²) in [5.41, 5.74) is 7.38. The second kappa shape index (κ2) is 7.35. The zero-order chi connectivity index (χ0) is 20.1. The standard InChI is InChI=1S/C26H28N2O2/c29-26(21-6-3-18-7-10-27-24(18)15-21)28-11-1-2-22-23-14-19(17-8-12-30-13-9-17)4-5-20(23)16-25(22)28/h3-6,10,14-15,17,22,25H,1-2,7-9,11-13,16H2/t22-,25+/m1/s1. The minimum absolute atomic E-state index is 0.173. The highest BCUT2D eigenvalue weighted by atomic mass is 16.5. The second-order valence-corrected chi connectivity index (χ2v) is 9.22. The van der Waals surface area contributed by atoms with E-state index in [1.165, 1.54) is 28.7 Å². The van der Waals surface area contributed by atoms with Crippen LogP contribution in [0, 0.1) is 0 Å². The summed E-state index contributed by atoms with van der Waals surface area (Å²) in [5.74, 6) is 1.27. The van der Waals surface area contributed by atoms with E-state index in [4.69, 9.17) is 4.74 Å². The molecule has 0 unspecified atom stereocenters. The van der Waals surface area contributed by atoms with Crippen molar-refractivity contribution in [3.05, 3.63) is 64.2 Å². The summed E-state index contributed by atoms with van der Waals surface area (Å²) in [6.07, 6.45) is 8.31. The van der Waals surface area contributed by atoms with Crippen molar-refractivity contribution in [2.45, 2.75) is 56.4 Å². The molecule has 4 aliphatic rings. The first kappa shape index (κ1) is 18.3. The molecule has 1 amide bonds. The van der Waals surface area contributed by atoms with Crippen LogP contribution in [0.25, 0.3) is 0 Å². The fourth-order valence-corrected chi connectivity index (χ4v) is 5.98. The van der Waals surface area contributed by atoms with Gasteiger partial charge in [0.2, 0.25) is 0 Å². The number of hydrogen-bond donors (Lipinski definition) is 0. The first-order chi connectivity index (χ1) is 14.8. The Morgan fingerprint density at radius 2 is 1.90 bits per heavy atom. The normalized spacial score (nSPS) is 25.1. The molecular formula is C26H28N2O2. The maximum absolute atomic E-state index is 13.5. The van der Waals surface area contributed by atoms with Crippen LogP contribution in [-0.4, -0.2) is 42.8 Å². The number of likely N-dealkylation sites (tertiary alicyclic amines) is 1. The molecule has 2 atom stereocenters. The number of nitrogens with zero attached hydrogens (tertiary/aromatic N) is 2. The van der Waals surface area contributed by atoms with Gasteiger partial charge in [0.05, 0.1) is 5.69 Å². The number of hydrogen-bond acceptors (Lipinski definition) is 3. The van der Waals surface area contributed by atoms with E-state index in [1.54, 1.807) is 0 Å². The topological polar surface area (TPSA) is 41.9 Å². The quantitative estimate of drug-likeness (QED) is 0.728. The third-order valence-electron chi connectivity index (χ3n) is 7.60. The Morgan fingerprint density at radius 3 is 2.80 bits per heavy atom. The van der Waals surface area contributed by atoms with Crippen molar-refractivity contribution in [2.75, 3.05) is 19.8 Å². The summed E-state index contributed by atoms with van der Waals surface area (Å²) in [6.45, 7) is 2.61. The smallest absolute Gasteiger partial charge is 0.254 e. The Balaban J connectivity index is 1.27. The number of carbonyl (C=O) groups excluding carboxylic acids is 1. The summed E-state index contributed by atoms with van der Waals surface area (Å²) >= 11 is 0. The van der Waals surface area contributed by atoms with Crippen molar-refractivity contribution < 1.29 is 9.53 Å². The molecule has 2 aromatic rings. The van der Waals surface area contributed by atoms with Crippen LogP contribution in [0.15, 0.2) is 41.4 Å². The molecular weight excluding hydrogens is 372 g/mol. The lowest BCUT2D eigenvalue weighted by atomic mass is 9.85. The van der Waals surface area contributed by atoms with E-state index in [2.05, 4.69) is 34.2 Å². The summed E-state index contributed by atoms with van der Waals surface area (Å²) in [4.78, 5) is 20.1. The van der Waals surface area contributed by atoms with Crippen LogP contribution in [0.2, 0.25) is 0 Å². The number of carbonyl (C=O) groups is 1. The van der Waals surface area contributed by atoms with Gasteiger partial charge in [-0.05, 0) is 72.4 Å². The van der Waals surface area contributed by atoms with Crippen LogP contribution >= 0.6 is 0 Å². The van der Waals surface area contributed by atoms with Crippen molar-refractivity contribution >= 4 is 17.8 Å². The number of amides is 1. The molecule has 6 rings (SSSR count). The van der Waals surface area contributed by atoms with Gasteiger partial charge in [-0.15, -0.1) is 0 Å². The lowest BCUT2D eigenvalue weighted by molar-refractivity contribution is 0.0595. The Bertz CT molecular complexity index is 1020. The fourth-order valence-electron chi connectivity index (χ4n) is 5.98. The molecule has 4 heteroatoms. The van der Waals surface area contributed by atoms with Gasteiger partial charge < -0.3 is 9.64 Å². The molecule has 3 heterocycles. The third kappa shape index (κ3) is 3.01. The molecule has 2 fully saturated rings. The molecule has 0 bridgehead atoms. The minimum Gasteiger partial charge on any atom is -0.381 e. The molecule has 3 aliphatic heterocycles. The Labute approximate surface area is 178 Å². The highest BCUT2D eigenvalue weighted by molar-refractivity contribution is 5.96. The lowest BCUT2D eigenvalue weighted by Crippen LogP contribution is -2.46. The number of aliphatic imine (C=N–C) groups is 1. The van der Waals surface area contributed by atoms with E-state index in [1.807, 2.05) is 18.3 Å². The van der Waals surface area contributed by atoms with Gasteiger partial charge in [-0.2, -0.15) is 0 Å². The van der Waals surface area contributed by atoms with Crippen LogP contribution in [0.5, 0.6) is 0 Å². The number of ether oxygens (including phenoxy) is 1. The molecule has 0 saturated carbocycles. The van der Waals surface area contributed by atoms with Crippen molar-refractivity contribution in [2.24, 2.45) is 4.99 Å². The SMILES string of the molecule is O=C(c1ccc2c(c1)N=CC2)N1CCC[C@@H]2c3cc(C4CCOCC4)ccc3C[C@@H]21. The van der Waals surface area contributed by atoms with Gasteiger partial charge in [-0.25, -0.2) is 0 Å². The van der Waals surface area contributed by atoms with Crippen molar-refractivity contribution in [1.82, 2.24) is 4.90 Å². The first-order valence-electron chi connectivity index (χ1n) is 11.4. The van der Waals surface area contributed by atoms with Crippen LogP contribution in [0.3, 0.4) is 0 Å². The summed E-state index contributed by atoms with van der Waals surface area (Å²) < 4.78 is 5.56. The van der Waals surface area contributed by atoms with Crippen molar-refractivity contribution in [3.8, 4) is 0 Å². The first-order valence-corrected chi connectivity index (χ1v) is 11.4. The van der Waals surface area contributed by atoms with Gasteiger partial charge in [-0.1, -0.05) is 24.3 Å². The maximum Gasteiger partial charge on any atom is 0.254 e. The Kier molecular flexibility index (Phi) is 4.49. The predicted molar refractivity (Wildman–Crippen MR) is 118 cm³/mol. The van der Waals surface area contributed by atoms with Crippen molar-refractivity contribution in [1.29, 1.82) is 0 Å². The molecule has 1 aliphatic carbocycles. The zero-order valence-corrected chi connectivity index (χ0v) is 17.3. The molecule has 30 heavy (non-hydrogen) atoms. The van der Waals surface area contributed by atoms with Gasteiger partial charge >= 0.3 is 0 Å². The number of fused-ring (bicyclic) bond motifs is 4. The van der Waals surface area contributed by atoms with E-state index in [9.17, 15) is 4.79 Å². The monoisotopic (exact) mass is 400 g/mol. The van der Waals surface area contributed by atoms with Crippen LogP contribution in [-0.2, 0) is 17.6 Å². The maximum atomic E-state index is 13.5. The van der Waals surface area contributed by atoms with E-state index >= 15 is 0 Å².